The second kappa shape index (κ2) is 4.96. The van der Waals surface area contributed by atoms with E-state index >= 15 is 0 Å². The standard InChI is InChI=1S/C11H15NO4/c1-6-5-7(16-2)3-4-8(6)9(13)10(14)11(12)15/h3-5,9-10,13-14H,1-2H3,(H2,12,15). The predicted octanol–water partition coefficient (Wildman–Crippen LogP) is -0.117. The average Bonchev–Trinajstić information content (AvgIpc) is 2.26. The summed E-state index contributed by atoms with van der Waals surface area (Å²) >= 11 is 0. The monoisotopic (exact) mass is 225 g/mol. The smallest absolute Gasteiger partial charge is 0.249 e. The van der Waals surface area contributed by atoms with Gasteiger partial charge in [0.2, 0.25) is 5.91 Å². The molecule has 16 heavy (non-hydrogen) atoms. The number of methoxy groups -OCH3 is 1. The van der Waals surface area contributed by atoms with Crippen LogP contribution in [-0.4, -0.2) is 29.3 Å². The zero-order chi connectivity index (χ0) is 12.3. The highest BCUT2D eigenvalue weighted by molar-refractivity contribution is 5.79. The predicted molar refractivity (Wildman–Crippen MR) is 57.9 cm³/mol. The van der Waals surface area contributed by atoms with Crippen molar-refractivity contribution in [1.29, 1.82) is 0 Å². The number of carbonyl (C=O) groups excluding carboxylic acids is 1. The number of rotatable bonds is 4. The Bertz CT molecular complexity index is 392. The molecule has 0 fully saturated rings. The third kappa shape index (κ3) is 2.50. The Morgan fingerprint density at radius 1 is 1.44 bits per heavy atom. The van der Waals surface area contributed by atoms with Gasteiger partial charge in [0.05, 0.1) is 7.11 Å². The number of hydrogen-bond donors (Lipinski definition) is 3. The molecule has 4 N–H and O–H groups in total. The topological polar surface area (TPSA) is 92.8 Å². The van der Waals surface area contributed by atoms with Gasteiger partial charge in [-0.1, -0.05) is 6.07 Å². The highest BCUT2D eigenvalue weighted by Gasteiger charge is 2.24. The largest absolute Gasteiger partial charge is 0.497 e. The minimum Gasteiger partial charge on any atom is -0.497 e. The highest BCUT2D eigenvalue weighted by Crippen LogP contribution is 2.24. The Kier molecular flexibility index (Phi) is 3.87. The van der Waals surface area contributed by atoms with Gasteiger partial charge in [-0.25, -0.2) is 0 Å². The first kappa shape index (κ1) is 12.5. The van der Waals surface area contributed by atoms with Gasteiger partial charge in [0.15, 0.2) is 6.10 Å². The lowest BCUT2D eigenvalue weighted by Crippen LogP contribution is -2.34. The van der Waals surface area contributed by atoms with Crippen LogP contribution < -0.4 is 10.5 Å². The van der Waals surface area contributed by atoms with Gasteiger partial charge >= 0.3 is 0 Å². The van der Waals surface area contributed by atoms with Crippen LogP contribution in [0.4, 0.5) is 0 Å². The zero-order valence-corrected chi connectivity index (χ0v) is 9.18. The first-order valence-electron chi connectivity index (χ1n) is 4.77. The minimum atomic E-state index is -1.60. The van der Waals surface area contributed by atoms with Gasteiger partial charge in [-0.3, -0.25) is 4.79 Å². The van der Waals surface area contributed by atoms with E-state index in [0.29, 0.717) is 16.9 Å². The summed E-state index contributed by atoms with van der Waals surface area (Å²) < 4.78 is 5.00. The third-order valence-corrected chi connectivity index (χ3v) is 2.39. The number of ether oxygens (including phenoxy) is 1. The second-order valence-electron chi connectivity index (χ2n) is 3.51. The van der Waals surface area contributed by atoms with Crippen molar-refractivity contribution in [2.24, 2.45) is 5.73 Å². The van der Waals surface area contributed by atoms with E-state index in [2.05, 4.69) is 0 Å². The van der Waals surface area contributed by atoms with Crippen molar-refractivity contribution in [3.63, 3.8) is 0 Å². The summed E-state index contributed by atoms with van der Waals surface area (Å²) in [6.07, 6.45) is -2.92. The molecule has 1 rings (SSSR count). The normalized spacial score (nSPS) is 14.2. The van der Waals surface area contributed by atoms with Crippen LogP contribution in [0.3, 0.4) is 0 Å². The Morgan fingerprint density at radius 2 is 2.06 bits per heavy atom. The van der Waals surface area contributed by atoms with Gasteiger partial charge < -0.3 is 20.7 Å². The maximum absolute atomic E-state index is 10.7. The van der Waals surface area contributed by atoms with E-state index in [9.17, 15) is 15.0 Å². The number of primary amides is 1. The van der Waals surface area contributed by atoms with Crippen LogP contribution in [0, 0.1) is 6.92 Å². The van der Waals surface area contributed by atoms with Crippen LogP contribution in [0.5, 0.6) is 5.75 Å². The molecule has 1 amide bonds. The van der Waals surface area contributed by atoms with Gasteiger partial charge in [-0.05, 0) is 30.2 Å². The molecule has 1 aromatic carbocycles. The van der Waals surface area contributed by atoms with E-state index in [1.54, 1.807) is 25.1 Å². The summed E-state index contributed by atoms with van der Waals surface area (Å²) in [4.78, 5) is 10.7. The van der Waals surface area contributed by atoms with Gasteiger partial charge in [-0.2, -0.15) is 0 Å². The number of nitrogens with two attached hydrogens (primary N) is 1. The Labute approximate surface area is 93.5 Å². The second-order valence-corrected chi connectivity index (χ2v) is 3.51. The van der Waals surface area contributed by atoms with Crippen LogP contribution in [-0.2, 0) is 4.79 Å². The van der Waals surface area contributed by atoms with Crippen molar-refractivity contribution in [1.82, 2.24) is 0 Å². The fraction of sp³-hybridized carbons (Fsp3) is 0.364. The molecule has 0 heterocycles. The molecule has 2 atom stereocenters. The van der Waals surface area contributed by atoms with Crippen molar-refractivity contribution in [2.75, 3.05) is 7.11 Å². The first-order chi connectivity index (χ1) is 7.47. The fourth-order valence-corrected chi connectivity index (χ4v) is 1.43. The highest BCUT2D eigenvalue weighted by atomic mass is 16.5. The number of benzene rings is 1. The molecule has 0 aliphatic carbocycles. The van der Waals surface area contributed by atoms with Crippen molar-refractivity contribution < 1.29 is 19.7 Å². The third-order valence-electron chi connectivity index (χ3n) is 2.39. The lowest BCUT2D eigenvalue weighted by atomic mass is 9.99. The fourth-order valence-electron chi connectivity index (χ4n) is 1.43. The van der Waals surface area contributed by atoms with E-state index in [1.165, 1.54) is 7.11 Å². The van der Waals surface area contributed by atoms with Crippen LogP contribution in [0.15, 0.2) is 18.2 Å². The molecule has 0 radical (unpaired) electrons. The molecule has 5 nitrogen and oxygen atoms in total. The van der Waals surface area contributed by atoms with Crippen LogP contribution in [0.25, 0.3) is 0 Å². The quantitative estimate of drug-likeness (QED) is 0.666. The van der Waals surface area contributed by atoms with Gasteiger partial charge in [0.25, 0.3) is 0 Å². The summed E-state index contributed by atoms with van der Waals surface area (Å²) in [5.74, 6) is -0.315. The molecule has 1 aromatic rings. The van der Waals surface area contributed by atoms with Crippen LogP contribution >= 0.6 is 0 Å². The van der Waals surface area contributed by atoms with Crippen LogP contribution in [0.1, 0.15) is 17.2 Å². The molecular weight excluding hydrogens is 210 g/mol. The van der Waals surface area contributed by atoms with Gasteiger partial charge in [0, 0.05) is 0 Å². The van der Waals surface area contributed by atoms with E-state index in [-0.39, 0.29) is 0 Å². The summed E-state index contributed by atoms with van der Waals surface area (Å²) in [6, 6.07) is 4.93. The van der Waals surface area contributed by atoms with Crippen molar-refractivity contribution in [2.45, 2.75) is 19.1 Å². The molecule has 0 aromatic heterocycles. The molecule has 0 saturated heterocycles. The van der Waals surface area contributed by atoms with Gasteiger partial charge in [-0.15, -0.1) is 0 Å². The summed E-state index contributed by atoms with van der Waals surface area (Å²) in [5.41, 5.74) is 6.07. The maximum atomic E-state index is 10.7. The number of amides is 1. The first-order valence-corrected chi connectivity index (χ1v) is 4.77. The number of aliphatic hydroxyl groups excluding tert-OH is 2. The summed E-state index contributed by atoms with van der Waals surface area (Å²) in [7, 11) is 1.53. The molecule has 0 saturated carbocycles. The van der Waals surface area contributed by atoms with Gasteiger partial charge in [0.1, 0.15) is 11.9 Å². The van der Waals surface area contributed by atoms with Crippen molar-refractivity contribution >= 4 is 5.91 Å². The zero-order valence-electron chi connectivity index (χ0n) is 9.18. The van der Waals surface area contributed by atoms with Crippen LogP contribution in [0.2, 0.25) is 0 Å². The molecule has 0 aliphatic rings. The average molecular weight is 225 g/mol. The van der Waals surface area contributed by atoms with Crippen molar-refractivity contribution in [3.05, 3.63) is 29.3 Å². The summed E-state index contributed by atoms with van der Waals surface area (Å²) in [6.45, 7) is 1.74. The minimum absolute atomic E-state index is 0.451. The van der Waals surface area contributed by atoms with E-state index < -0.39 is 18.1 Å². The summed E-state index contributed by atoms with van der Waals surface area (Å²) in [5, 5.41) is 19.1. The lowest BCUT2D eigenvalue weighted by Gasteiger charge is -2.17. The number of aliphatic hydroxyl groups is 2. The molecule has 0 aliphatic heterocycles. The van der Waals surface area contributed by atoms with E-state index in [4.69, 9.17) is 10.5 Å². The SMILES string of the molecule is COc1ccc(C(O)C(O)C(N)=O)c(C)c1. The number of carbonyl (C=O) groups is 1. The Balaban J connectivity index is 3.00. The van der Waals surface area contributed by atoms with Crippen molar-refractivity contribution in [3.8, 4) is 5.75 Å². The molecule has 0 spiro atoms. The Morgan fingerprint density at radius 3 is 2.50 bits per heavy atom. The number of hydrogen-bond acceptors (Lipinski definition) is 4. The maximum Gasteiger partial charge on any atom is 0.249 e. The molecule has 5 heteroatoms. The molecule has 88 valence electrons. The molecular formula is C11H15NO4. The van der Waals surface area contributed by atoms with E-state index in [0.717, 1.165) is 0 Å². The lowest BCUT2D eigenvalue weighted by molar-refractivity contribution is -0.131. The molecule has 2 unspecified atom stereocenters. The van der Waals surface area contributed by atoms with E-state index in [1.807, 2.05) is 0 Å². The number of aryl methyl sites for hydroxylation is 1. The Hall–Kier alpha value is -1.59. The molecule has 0 bridgehead atoms.